The number of Topliss-reactive ketones (excluding diaryl/α,β-unsaturated/α-hetero) is 2. The molecule has 2 aromatic rings. The van der Waals surface area contributed by atoms with Gasteiger partial charge in [-0.05, 0) is 86.7 Å². The number of rotatable bonds is 18. The Labute approximate surface area is 433 Å². The van der Waals surface area contributed by atoms with Gasteiger partial charge in [0.25, 0.3) is 0 Å². The summed E-state index contributed by atoms with van der Waals surface area (Å²) >= 11 is 0. The Morgan fingerprint density at radius 3 is 1.96 bits per heavy atom. The number of furan rings is 2. The zero-order chi connectivity index (χ0) is 54.6. The maximum Gasteiger partial charge on any atom is 0.408 e. The molecule has 6 rings (SSSR count). The first-order valence-electron chi connectivity index (χ1n) is 26.3. The van der Waals surface area contributed by atoms with E-state index in [2.05, 4.69) is 5.32 Å². The molecule has 1 saturated heterocycles. The number of carbonyl (C=O) groups excluding carboxylic acids is 6. The molecule has 3 saturated carbocycles. The zero-order valence-electron chi connectivity index (χ0n) is 46.2. The molecule has 17 nitrogen and oxygen atoms in total. The molecule has 1 amide bonds. The van der Waals surface area contributed by atoms with Crippen LogP contribution in [0.4, 0.5) is 4.79 Å². The fraction of sp³-hybridized carbons (Fsp3) is 0.741. The Hall–Kier alpha value is -4.15. The van der Waals surface area contributed by atoms with Gasteiger partial charge in [0.1, 0.15) is 41.3 Å². The number of alkyl carbamates (subject to hydrolysis) is 1. The molecule has 73 heavy (non-hydrogen) atoms. The second kappa shape index (κ2) is 21.1. The largest absolute Gasteiger partial charge is 0.467 e. The van der Waals surface area contributed by atoms with Crippen LogP contribution >= 0.6 is 0 Å². The molecule has 2 unspecified atom stereocenters. The van der Waals surface area contributed by atoms with Crippen LogP contribution in [0.5, 0.6) is 0 Å². The number of ketones is 2. The highest BCUT2D eigenvalue weighted by Gasteiger charge is 2.80. The minimum absolute atomic E-state index is 0.0576. The van der Waals surface area contributed by atoms with Crippen molar-refractivity contribution in [2.24, 2.45) is 28.6 Å². The average Bonchev–Trinajstić information content (AvgIpc) is 4.04. The summed E-state index contributed by atoms with van der Waals surface area (Å²) in [5.41, 5.74) is -8.66. The quantitative estimate of drug-likeness (QED) is 0.0613. The van der Waals surface area contributed by atoms with E-state index < -0.39 is 141 Å². The smallest absolute Gasteiger partial charge is 0.408 e. The number of fused-ring (bicyclic) bond motifs is 5. The molecule has 3 aliphatic carbocycles. The lowest BCUT2D eigenvalue weighted by Crippen LogP contribution is -2.83. The fourth-order valence-electron chi connectivity index (χ4n) is 13.6. The molecule has 4 aliphatic rings. The molecule has 2 bridgehead atoms. The van der Waals surface area contributed by atoms with Crippen LogP contribution in [0.15, 0.2) is 45.6 Å². The maximum atomic E-state index is 16.0. The number of carbonyl (C=O) groups is 6. The van der Waals surface area contributed by atoms with Crippen LogP contribution in [0, 0.1) is 28.6 Å². The Bertz CT molecular complexity index is 2290. The molecular weight excluding hydrogens is 975 g/mol. The summed E-state index contributed by atoms with van der Waals surface area (Å²) in [6, 6.07) is 6.88. The van der Waals surface area contributed by atoms with E-state index in [1.807, 2.05) is 62.3 Å². The Balaban J connectivity index is 1.59. The third-order valence-electron chi connectivity index (χ3n) is 17.6. The molecule has 2 N–H and O–H groups in total. The molecule has 3 heterocycles. The number of ether oxygens (including phenoxy) is 5. The van der Waals surface area contributed by atoms with Gasteiger partial charge in [0.2, 0.25) is 25.6 Å². The van der Waals surface area contributed by atoms with Crippen LogP contribution in [-0.4, -0.2) is 111 Å². The van der Waals surface area contributed by atoms with E-state index in [0.717, 1.165) is 0 Å². The molecule has 408 valence electrons. The summed E-state index contributed by atoms with van der Waals surface area (Å²) in [6.07, 6.45) is -5.15. The van der Waals surface area contributed by atoms with Crippen molar-refractivity contribution in [2.75, 3.05) is 6.61 Å². The van der Waals surface area contributed by atoms with Crippen molar-refractivity contribution in [3.05, 3.63) is 48.3 Å². The lowest BCUT2D eigenvalue weighted by atomic mass is 9.42. The highest BCUT2D eigenvalue weighted by atomic mass is 28.4. The highest BCUT2D eigenvalue weighted by molar-refractivity contribution is 6.77. The molecule has 19 heteroatoms. The van der Waals surface area contributed by atoms with E-state index in [-0.39, 0.29) is 41.2 Å². The van der Waals surface area contributed by atoms with Crippen LogP contribution in [-0.2, 0) is 51.7 Å². The van der Waals surface area contributed by atoms with E-state index in [1.54, 1.807) is 60.6 Å². The van der Waals surface area contributed by atoms with Gasteiger partial charge in [-0.1, -0.05) is 83.1 Å². The van der Waals surface area contributed by atoms with E-state index >= 15 is 14.4 Å². The minimum atomic E-state index is -3.06. The monoisotopic (exact) mass is 1060 g/mol. The molecular formula is C54H83NO16Si2. The van der Waals surface area contributed by atoms with E-state index in [9.17, 15) is 19.5 Å². The summed E-state index contributed by atoms with van der Waals surface area (Å²) in [5.74, 6) is -8.20. The molecule has 12 atom stereocenters. The van der Waals surface area contributed by atoms with Gasteiger partial charge in [-0.3, -0.25) is 14.4 Å². The van der Waals surface area contributed by atoms with Crippen molar-refractivity contribution in [3.8, 4) is 0 Å². The van der Waals surface area contributed by atoms with Gasteiger partial charge in [-0.25, -0.2) is 14.4 Å². The topological polar surface area (TPSA) is 226 Å². The van der Waals surface area contributed by atoms with E-state index in [1.165, 1.54) is 31.6 Å². The van der Waals surface area contributed by atoms with E-state index in [4.69, 9.17) is 41.4 Å². The van der Waals surface area contributed by atoms with Crippen molar-refractivity contribution in [2.45, 2.75) is 219 Å². The molecule has 1 aliphatic heterocycles. The zero-order valence-corrected chi connectivity index (χ0v) is 48.2. The van der Waals surface area contributed by atoms with Crippen molar-refractivity contribution in [1.29, 1.82) is 0 Å². The van der Waals surface area contributed by atoms with Crippen molar-refractivity contribution >= 4 is 52.2 Å². The lowest BCUT2D eigenvalue weighted by Gasteiger charge is -2.68. The van der Waals surface area contributed by atoms with Gasteiger partial charge < -0.3 is 51.8 Å². The number of nitrogens with one attached hydrogen (secondary N) is 1. The Kier molecular flexibility index (Phi) is 16.8. The molecule has 4 fully saturated rings. The van der Waals surface area contributed by atoms with Crippen LogP contribution in [0.1, 0.15) is 153 Å². The predicted octanol–water partition coefficient (Wildman–Crippen LogP) is 9.82. The molecule has 2 aromatic heterocycles. The summed E-state index contributed by atoms with van der Waals surface area (Å²) < 4.78 is 57.5. The number of amides is 1. The average molecular weight is 1060 g/mol. The first-order chi connectivity index (χ1) is 33.9. The third kappa shape index (κ3) is 10.1. The number of hydrogen-bond donors (Lipinski definition) is 2. The summed E-state index contributed by atoms with van der Waals surface area (Å²) in [4.78, 5) is 89.2. The van der Waals surface area contributed by atoms with Crippen molar-refractivity contribution in [1.82, 2.24) is 5.32 Å². The molecule has 0 aromatic carbocycles. The van der Waals surface area contributed by atoms with Crippen molar-refractivity contribution in [3.63, 3.8) is 0 Å². The summed E-state index contributed by atoms with van der Waals surface area (Å²) in [5, 5.41) is 17.0. The summed E-state index contributed by atoms with van der Waals surface area (Å²) in [7, 11) is -5.69. The molecule has 0 spiro atoms. The van der Waals surface area contributed by atoms with Crippen LogP contribution < -0.4 is 5.32 Å². The van der Waals surface area contributed by atoms with Gasteiger partial charge in [-0.15, -0.1) is 0 Å². The normalized spacial score (nSPS) is 31.1. The van der Waals surface area contributed by atoms with Gasteiger partial charge >= 0.3 is 24.0 Å². The fourth-order valence-corrected chi connectivity index (χ4v) is 22.1. The first-order valence-corrected chi connectivity index (χ1v) is 31.0. The van der Waals surface area contributed by atoms with Crippen LogP contribution in [0.3, 0.4) is 0 Å². The van der Waals surface area contributed by atoms with Gasteiger partial charge in [-0.2, -0.15) is 0 Å². The van der Waals surface area contributed by atoms with Gasteiger partial charge in [0.05, 0.1) is 36.6 Å². The number of esters is 3. The van der Waals surface area contributed by atoms with Gasteiger partial charge in [0.15, 0.2) is 20.0 Å². The second-order valence-electron chi connectivity index (χ2n) is 23.8. The second-order valence-corrected chi connectivity index (χ2v) is 34.0. The van der Waals surface area contributed by atoms with Gasteiger partial charge in [0, 0.05) is 37.0 Å². The minimum Gasteiger partial charge on any atom is -0.467 e. The SMILES string of the molecule is CC[Si](CC)(CC)O[C@H]1C[C@H]2OC[C@@]2(OC(C)=O)[C@H]2[C@H](OC(=O)c3ccco3)[C@]3(O)C[C@H](OC(=O)[C@H](O[Si](C(C)C)(C(C)C)C(C)C)[C@@H](NC(=O)OC(C)(C)C)c4ccco4)C(C)C(C(=O)C(=O)[C@]12C)C3(C)C. The number of hydrogen-bond acceptors (Lipinski definition) is 16. The third-order valence-corrected chi connectivity index (χ3v) is 28.3. The highest BCUT2D eigenvalue weighted by Crippen LogP contribution is 2.65. The predicted molar refractivity (Wildman–Crippen MR) is 273 cm³/mol. The van der Waals surface area contributed by atoms with Crippen LogP contribution in [0.25, 0.3) is 0 Å². The van der Waals surface area contributed by atoms with Crippen molar-refractivity contribution < 1.29 is 75.2 Å². The molecule has 0 radical (unpaired) electrons. The summed E-state index contributed by atoms with van der Waals surface area (Å²) in [6.45, 7) is 31.1. The Morgan fingerprint density at radius 2 is 1.48 bits per heavy atom. The van der Waals surface area contributed by atoms with Crippen LogP contribution in [0.2, 0.25) is 34.8 Å². The Morgan fingerprint density at radius 1 is 0.890 bits per heavy atom. The number of aliphatic hydroxyl groups is 1. The standard InChI is InChI=1S/C54H83NO16Si2/c1-18-72(19-2,20-3)70-38-27-39-53(29-65-39,68-34(11)56)44-46(67-47(59)36-24-22-26-64-36)54(62)28-37(33(10)40(51(54,15)16)42(57)45(58)52(38,44)17)66-48(60)43(71-73(30(4)5,31(6)7)32(8)9)41(35-23-21-25-63-35)55-49(61)69-50(12,13)14/h21-26,30-33,37-41,43-44,46,62H,18-20,27-29H2,1-17H3,(H,55,61)/t33?,37-,38-,39+,40?,41-,43+,44-,46-,52+,53-,54+/m0/s1. The maximum absolute atomic E-state index is 16.0. The lowest BCUT2D eigenvalue weighted by molar-refractivity contribution is -0.348. The first kappa shape index (κ1) is 58.1. The van der Waals surface area contributed by atoms with E-state index in [0.29, 0.717) is 18.1 Å².